The molecule has 1 saturated heterocycles. The fraction of sp³-hybridized carbons (Fsp3) is 0.588. The molecule has 0 N–H and O–H groups in total. The summed E-state index contributed by atoms with van der Waals surface area (Å²) in [6, 6.07) is 10.1. The average molecular weight is 274 g/mol. The van der Waals surface area contributed by atoms with E-state index in [1.165, 1.54) is 0 Å². The van der Waals surface area contributed by atoms with Gasteiger partial charge in [0.15, 0.2) is 5.79 Å². The van der Waals surface area contributed by atoms with Gasteiger partial charge in [-0.05, 0) is 23.8 Å². The molecule has 1 aromatic rings. The number of ether oxygens (including phenoxy) is 2. The minimum absolute atomic E-state index is 0.0892. The standard InChI is InChI=1S/C17H22O3/c1-16(15(12-18)14-6-3-2-4-7-14)8-5-9-17(13-16)19-10-11-20-17/h2-4,6-7,12,15H,5,8-11,13H2,1H3. The van der Waals surface area contributed by atoms with E-state index in [2.05, 4.69) is 6.92 Å². The molecule has 1 aromatic carbocycles. The number of aldehydes is 1. The van der Waals surface area contributed by atoms with E-state index < -0.39 is 5.79 Å². The first kappa shape index (κ1) is 13.8. The van der Waals surface area contributed by atoms with Crippen LogP contribution in [0.5, 0.6) is 0 Å². The Balaban J connectivity index is 1.87. The van der Waals surface area contributed by atoms with Crippen LogP contribution in [0.15, 0.2) is 30.3 Å². The van der Waals surface area contributed by atoms with Crippen molar-refractivity contribution in [1.29, 1.82) is 0 Å². The molecule has 1 spiro atoms. The third-order valence-electron chi connectivity index (χ3n) is 4.84. The molecular formula is C17H22O3. The molecule has 0 radical (unpaired) electrons. The topological polar surface area (TPSA) is 35.5 Å². The summed E-state index contributed by atoms with van der Waals surface area (Å²) in [4.78, 5) is 11.7. The molecule has 0 aromatic heterocycles. The highest BCUT2D eigenvalue weighted by atomic mass is 16.7. The van der Waals surface area contributed by atoms with Crippen molar-refractivity contribution in [2.75, 3.05) is 13.2 Å². The van der Waals surface area contributed by atoms with E-state index in [1.807, 2.05) is 30.3 Å². The zero-order valence-electron chi connectivity index (χ0n) is 12.0. The molecule has 1 aliphatic carbocycles. The SMILES string of the molecule is CC1(C(C=O)c2ccccc2)CCCC2(C1)OCCO2. The van der Waals surface area contributed by atoms with Crippen molar-refractivity contribution < 1.29 is 14.3 Å². The lowest BCUT2D eigenvalue weighted by Crippen LogP contribution is -2.44. The van der Waals surface area contributed by atoms with E-state index in [0.29, 0.717) is 13.2 Å². The van der Waals surface area contributed by atoms with Crippen LogP contribution >= 0.6 is 0 Å². The van der Waals surface area contributed by atoms with Crippen molar-refractivity contribution in [2.45, 2.75) is 44.3 Å². The van der Waals surface area contributed by atoms with Crippen LogP contribution in [-0.4, -0.2) is 25.3 Å². The van der Waals surface area contributed by atoms with Crippen molar-refractivity contribution in [2.24, 2.45) is 5.41 Å². The van der Waals surface area contributed by atoms with E-state index in [4.69, 9.17) is 9.47 Å². The van der Waals surface area contributed by atoms with Crippen LogP contribution in [0.2, 0.25) is 0 Å². The lowest BCUT2D eigenvalue weighted by molar-refractivity contribution is -0.202. The lowest BCUT2D eigenvalue weighted by Gasteiger charge is -2.45. The van der Waals surface area contributed by atoms with Crippen LogP contribution in [0, 0.1) is 5.41 Å². The zero-order valence-corrected chi connectivity index (χ0v) is 12.0. The zero-order chi connectivity index (χ0) is 14.1. The van der Waals surface area contributed by atoms with E-state index in [0.717, 1.165) is 37.5 Å². The molecule has 0 bridgehead atoms. The molecule has 3 heteroatoms. The monoisotopic (exact) mass is 274 g/mol. The molecule has 2 aliphatic rings. The van der Waals surface area contributed by atoms with Gasteiger partial charge in [0.05, 0.1) is 13.2 Å². The second kappa shape index (κ2) is 5.30. The normalized spacial score (nSPS) is 30.2. The van der Waals surface area contributed by atoms with Crippen molar-refractivity contribution in [3.63, 3.8) is 0 Å². The Morgan fingerprint density at radius 3 is 2.50 bits per heavy atom. The van der Waals surface area contributed by atoms with Crippen molar-refractivity contribution in [1.82, 2.24) is 0 Å². The number of benzene rings is 1. The Kier molecular flexibility index (Phi) is 3.65. The lowest BCUT2D eigenvalue weighted by atomic mass is 9.64. The largest absolute Gasteiger partial charge is 0.348 e. The molecule has 1 aliphatic heterocycles. The van der Waals surface area contributed by atoms with E-state index in [-0.39, 0.29) is 11.3 Å². The summed E-state index contributed by atoms with van der Waals surface area (Å²) in [5.74, 6) is -0.531. The van der Waals surface area contributed by atoms with Crippen LogP contribution < -0.4 is 0 Å². The van der Waals surface area contributed by atoms with Gasteiger partial charge in [-0.3, -0.25) is 0 Å². The quantitative estimate of drug-likeness (QED) is 0.793. The van der Waals surface area contributed by atoms with Gasteiger partial charge in [-0.15, -0.1) is 0 Å². The Hall–Kier alpha value is -1.19. The number of carbonyl (C=O) groups excluding carboxylic acids is 1. The fourth-order valence-corrected chi connectivity index (χ4v) is 3.87. The van der Waals surface area contributed by atoms with E-state index in [1.54, 1.807) is 0 Å². The minimum atomic E-state index is -0.441. The molecule has 2 atom stereocenters. The molecule has 1 heterocycles. The summed E-state index contributed by atoms with van der Waals surface area (Å²) in [5, 5.41) is 0. The molecular weight excluding hydrogens is 252 g/mol. The smallest absolute Gasteiger partial charge is 0.169 e. The third kappa shape index (κ3) is 2.40. The second-order valence-electron chi connectivity index (χ2n) is 6.32. The molecule has 3 rings (SSSR count). The first-order valence-corrected chi connectivity index (χ1v) is 7.46. The van der Waals surface area contributed by atoms with Crippen LogP contribution in [0.25, 0.3) is 0 Å². The van der Waals surface area contributed by atoms with Gasteiger partial charge in [-0.2, -0.15) is 0 Å². The van der Waals surface area contributed by atoms with Gasteiger partial charge in [0.1, 0.15) is 6.29 Å². The van der Waals surface area contributed by atoms with Gasteiger partial charge in [0.2, 0.25) is 0 Å². The summed E-state index contributed by atoms with van der Waals surface area (Å²) in [7, 11) is 0. The molecule has 108 valence electrons. The first-order chi connectivity index (χ1) is 9.68. The van der Waals surface area contributed by atoms with Gasteiger partial charge >= 0.3 is 0 Å². The van der Waals surface area contributed by atoms with Gasteiger partial charge < -0.3 is 14.3 Å². The highest BCUT2D eigenvalue weighted by Crippen LogP contribution is 2.51. The summed E-state index contributed by atoms with van der Waals surface area (Å²) in [6.45, 7) is 3.55. The number of carbonyl (C=O) groups is 1. The van der Waals surface area contributed by atoms with Gasteiger partial charge in [0.25, 0.3) is 0 Å². The van der Waals surface area contributed by atoms with E-state index >= 15 is 0 Å². The van der Waals surface area contributed by atoms with Crippen LogP contribution in [0.3, 0.4) is 0 Å². The highest BCUT2D eigenvalue weighted by Gasteiger charge is 2.49. The third-order valence-corrected chi connectivity index (χ3v) is 4.84. The summed E-state index contributed by atoms with van der Waals surface area (Å²) in [5.41, 5.74) is 1.01. The fourth-order valence-electron chi connectivity index (χ4n) is 3.87. The van der Waals surface area contributed by atoms with Gasteiger partial charge in [-0.1, -0.05) is 37.3 Å². The molecule has 2 unspecified atom stereocenters. The van der Waals surface area contributed by atoms with Gasteiger partial charge in [0, 0.05) is 18.8 Å². The Bertz CT molecular complexity index is 464. The Morgan fingerprint density at radius 1 is 1.15 bits per heavy atom. The minimum Gasteiger partial charge on any atom is -0.348 e. The maximum atomic E-state index is 11.7. The Morgan fingerprint density at radius 2 is 1.85 bits per heavy atom. The van der Waals surface area contributed by atoms with Crippen LogP contribution in [-0.2, 0) is 14.3 Å². The second-order valence-corrected chi connectivity index (χ2v) is 6.32. The molecule has 3 nitrogen and oxygen atoms in total. The van der Waals surface area contributed by atoms with Crippen LogP contribution in [0.1, 0.15) is 44.1 Å². The molecule has 2 fully saturated rings. The van der Waals surface area contributed by atoms with E-state index in [9.17, 15) is 4.79 Å². The number of hydrogen-bond donors (Lipinski definition) is 0. The maximum Gasteiger partial charge on any atom is 0.169 e. The summed E-state index contributed by atoms with van der Waals surface area (Å²) < 4.78 is 11.7. The van der Waals surface area contributed by atoms with Gasteiger partial charge in [-0.25, -0.2) is 0 Å². The Labute approximate surface area is 120 Å². The van der Waals surface area contributed by atoms with Crippen molar-refractivity contribution >= 4 is 6.29 Å². The summed E-state index contributed by atoms with van der Waals surface area (Å²) in [6.07, 6.45) is 4.94. The van der Waals surface area contributed by atoms with Crippen molar-refractivity contribution in [3.8, 4) is 0 Å². The first-order valence-electron chi connectivity index (χ1n) is 7.46. The predicted octanol–water partition coefficient (Wildman–Crippen LogP) is 3.29. The highest BCUT2D eigenvalue weighted by molar-refractivity contribution is 5.63. The predicted molar refractivity (Wildman–Crippen MR) is 76.5 cm³/mol. The molecule has 0 amide bonds. The summed E-state index contributed by atoms with van der Waals surface area (Å²) >= 11 is 0. The number of rotatable bonds is 3. The average Bonchev–Trinajstić information content (AvgIpc) is 2.88. The van der Waals surface area contributed by atoms with Crippen molar-refractivity contribution in [3.05, 3.63) is 35.9 Å². The van der Waals surface area contributed by atoms with Crippen LogP contribution in [0.4, 0.5) is 0 Å². The maximum absolute atomic E-state index is 11.7. The molecule has 1 saturated carbocycles. The molecule has 20 heavy (non-hydrogen) atoms. The number of hydrogen-bond acceptors (Lipinski definition) is 3.